The average molecular weight is 343 g/mol. The first-order chi connectivity index (χ1) is 8.65. The summed E-state index contributed by atoms with van der Waals surface area (Å²) in [6.45, 7) is 1.88. The predicted octanol–water partition coefficient (Wildman–Crippen LogP) is 3.66. The van der Waals surface area contributed by atoms with Gasteiger partial charge in [0.2, 0.25) is 5.91 Å². The van der Waals surface area contributed by atoms with E-state index in [2.05, 4.69) is 26.5 Å². The van der Waals surface area contributed by atoms with Gasteiger partial charge < -0.3 is 0 Å². The van der Waals surface area contributed by atoms with Crippen LogP contribution in [0.15, 0.2) is 38.5 Å². The fraction of sp³-hybridized carbons (Fsp3) is 0.167. The van der Waals surface area contributed by atoms with E-state index in [-0.39, 0.29) is 5.91 Å². The number of hydrogen-bond donors (Lipinski definition) is 1. The van der Waals surface area contributed by atoms with E-state index in [1.165, 1.54) is 0 Å². The Morgan fingerprint density at radius 1 is 1.44 bits per heavy atom. The number of nitrogens with one attached hydrogen (secondary N) is 1. The van der Waals surface area contributed by atoms with Crippen LogP contribution < -0.4 is 5.43 Å². The summed E-state index contributed by atoms with van der Waals surface area (Å²) in [5.41, 5.74) is 3.39. The summed E-state index contributed by atoms with van der Waals surface area (Å²) in [6.07, 6.45) is 0.378. The second-order valence-electron chi connectivity index (χ2n) is 3.59. The zero-order valence-electron chi connectivity index (χ0n) is 9.64. The number of carbonyl (C=O) groups excluding carboxylic acids is 1. The maximum atomic E-state index is 11.6. The Labute approximate surface area is 122 Å². The highest BCUT2D eigenvalue weighted by Crippen LogP contribution is 2.22. The van der Waals surface area contributed by atoms with Crippen molar-refractivity contribution >= 4 is 50.2 Å². The Kier molecular flexibility index (Phi) is 4.68. The van der Waals surface area contributed by atoms with Gasteiger partial charge in [0.1, 0.15) is 0 Å². The minimum Gasteiger partial charge on any atom is -0.273 e. The van der Waals surface area contributed by atoms with Gasteiger partial charge in [-0.25, -0.2) is 5.43 Å². The predicted molar refractivity (Wildman–Crippen MR) is 80.4 cm³/mol. The summed E-state index contributed by atoms with van der Waals surface area (Å²) in [4.78, 5) is 13.7. The Hall–Kier alpha value is -0.980. The molecular weight excluding hydrogens is 332 g/mol. The molecule has 0 aliphatic heterocycles. The van der Waals surface area contributed by atoms with Gasteiger partial charge in [-0.3, -0.25) is 4.79 Å². The molecule has 3 nitrogen and oxygen atoms in total. The highest BCUT2D eigenvalue weighted by Gasteiger charge is 2.05. The van der Waals surface area contributed by atoms with Crippen LogP contribution in [0.3, 0.4) is 0 Å². The monoisotopic (exact) mass is 342 g/mol. The molecule has 2 aromatic rings. The fourth-order valence-corrected chi connectivity index (χ4v) is 3.36. The molecule has 0 radical (unpaired) electrons. The van der Waals surface area contributed by atoms with E-state index in [4.69, 9.17) is 0 Å². The van der Waals surface area contributed by atoms with Crippen LogP contribution in [0.25, 0.3) is 0 Å². The zero-order valence-corrected chi connectivity index (χ0v) is 12.9. The van der Waals surface area contributed by atoms with Gasteiger partial charge in [0.15, 0.2) is 0 Å². The first-order valence-electron chi connectivity index (χ1n) is 5.26. The Morgan fingerprint density at radius 2 is 2.28 bits per heavy atom. The Morgan fingerprint density at radius 3 is 2.89 bits per heavy atom. The lowest BCUT2D eigenvalue weighted by Crippen LogP contribution is -2.20. The number of nitrogens with zero attached hydrogens (tertiary/aromatic N) is 1. The third-order valence-corrected chi connectivity index (χ3v) is 4.80. The number of amides is 1. The maximum absolute atomic E-state index is 11.6. The third kappa shape index (κ3) is 3.76. The topological polar surface area (TPSA) is 41.5 Å². The molecule has 0 spiro atoms. The molecule has 1 N–H and O–H groups in total. The van der Waals surface area contributed by atoms with Gasteiger partial charge >= 0.3 is 0 Å². The smallest absolute Gasteiger partial charge is 0.245 e. The molecule has 2 heterocycles. The molecular formula is C12H11BrN2OS2. The largest absolute Gasteiger partial charge is 0.273 e. The van der Waals surface area contributed by atoms with E-state index in [9.17, 15) is 4.79 Å². The number of hydrogen-bond acceptors (Lipinski definition) is 4. The van der Waals surface area contributed by atoms with E-state index < -0.39 is 0 Å². The highest BCUT2D eigenvalue weighted by atomic mass is 79.9. The Balaban J connectivity index is 1.92. The Bertz CT molecular complexity index is 560. The van der Waals surface area contributed by atoms with Crippen LogP contribution in [-0.2, 0) is 11.2 Å². The molecule has 2 aromatic heterocycles. The molecule has 18 heavy (non-hydrogen) atoms. The van der Waals surface area contributed by atoms with Crippen molar-refractivity contribution in [3.8, 4) is 0 Å². The van der Waals surface area contributed by atoms with Crippen LogP contribution in [0.2, 0.25) is 0 Å². The van der Waals surface area contributed by atoms with Crippen LogP contribution in [-0.4, -0.2) is 11.6 Å². The van der Waals surface area contributed by atoms with Gasteiger partial charge in [0.25, 0.3) is 0 Å². The first kappa shape index (κ1) is 13.5. The summed E-state index contributed by atoms with van der Waals surface area (Å²) >= 11 is 6.56. The average Bonchev–Trinajstić information content (AvgIpc) is 2.97. The van der Waals surface area contributed by atoms with E-state index in [0.717, 1.165) is 19.3 Å². The summed E-state index contributed by atoms with van der Waals surface area (Å²) in [7, 11) is 0. The van der Waals surface area contributed by atoms with Crippen molar-refractivity contribution in [2.45, 2.75) is 13.3 Å². The van der Waals surface area contributed by atoms with Gasteiger partial charge in [-0.05, 0) is 46.4 Å². The van der Waals surface area contributed by atoms with Crippen molar-refractivity contribution < 1.29 is 4.79 Å². The number of thiophene rings is 2. The minimum absolute atomic E-state index is 0.0904. The molecule has 0 saturated heterocycles. The van der Waals surface area contributed by atoms with Crippen LogP contribution >= 0.6 is 38.6 Å². The van der Waals surface area contributed by atoms with Crippen LogP contribution in [0.5, 0.6) is 0 Å². The lowest BCUT2D eigenvalue weighted by atomic mass is 10.3. The summed E-state index contributed by atoms with van der Waals surface area (Å²) in [6, 6.07) is 7.81. The fourth-order valence-electron chi connectivity index (χ4n) is 1.32. The quantitative estimate of drug-likeness (QED) is 0.668. The molecule has 6 heteroatoms. The number of rotatable bonds is 4. The summed E-state index contributed by atoms with van der Waals surface area (Å²) in [5, 5.41) is 6.06. The van der Waals surface area contributed by atoms with Crippen molar-refractivity contribution in [3.05, 3.63) is 43.2 Å². The molecule has 0 aromatic carbocycles. The molecule has 0 fully saturated rings. The number of hydrazone groups is 1. The maximum Gasteiger partial charge on any atom is 0.245 e. The zero-order chi connectivity index (χ0) is 13.0. The second kappa shape index (κ2) is 6.26. The van der Waals surface area contributed by atoms with Crippen LogP contribution in [0, 0.1) is 0 Å². The van der Waals surface area contributed by atoms with E-state index in [1.807, 2.05) is 36.6 Å². The highest BCUT2D eigenvalue weighted by molar-refractivity contribution is 9.11. The molecule has 0 unspecified atom stereocenters. The second-order valence-corrected chi connectivity index (χ2v) is 7.09. The van der Waals surface area contributed by atoms with Crippen molar-refractivity contribution in [2.75, 3.05) is 0 Å². The molecule has 1 amide bonds. The number of carbonyl (C=O) groups is 1. The molecule has 0 saturated carbocycles. The van der Waals surface area contributed by atoms with Gasteiger partial charge in [-0.2, -0.15) is 5.10 Å². The standard InChI is InChI=1S/C12H11BrN2OS2/c1-8(10-4-5-11(13)18-10)14-15-12(16)7-9-3-2-6-17-9/h2-6H,7H2,1H3,(H,15,16)/b14-8-. The van der Waals surface area contributed by atoms with Crippen molar-refractivity contribution in [3.63, 3.8) is 0 Å². The van der Waals surface area contributed by atoms with Crippen LogP contribution in [0.1, 0.15) is 16.7 Å². The molecule has 94 valence electrons. The summed E-state index contributed by atoms with van der Waals surface area (Å²) in [5.74, 6) is -0.0904. The van der Waals surface area contributed by atoms with Crippen molar-refractivity contribution in [1.29, 1.82) is 0 Å². The third-order valence-electron chi connectivity index (χ3n) is 2.19. The lowest BCUT2D eigenvalue weighted by Gasteiger charge is -1.99. The van der Waals surface area contributed by atoms with Gasteiger partial charge in [-0.15, -0.1) is 22.7 Å². The van der Waals surface area contributed by atoms with Crippen LogP contribution in [0.4, 0.5) is 0 Å². The van der Waals surface area contributed by atoms with Crippen molar-refractivity contribution in [1.82, 2.24) is 5.43 Å². The molecule has 0 bridgehead atoms. The molecule has 0 aliphatic carbocycles. The van der Waals surface area contributed by atoms with E-state index in [0.29, 0.717) is 6.42 Å². The van der Waals surface area contributed by atoms with Gasteiger partial charge in [-0.1, -0.05) is 6.07 Å². The normalized spacial score (nSPS) is 11.6. The molecule has 0 atom stereocenters. The van der Waals surface area contributed by atoms with E-state index >= 15 is 0 Å². The number of halogens is 1. The van der Waals surface area contributed by atoms with Crippen molar-refractivity contribution in [2.24, 2.45) is 5.10 Å². The first-order valence-corrected chi connectivity index (χ1v) is 7.75. The summed E-state index contributed by atoms with van der Waals surface area (Å²) < 4.78 is 1.05. The minimum atomic E-state index is -0.0904. The van der Waals surface area contributed by atoms with E-state index in [1.54, 1.807) is 22.7 Å². The molecule has 0 aliphatic rings. The van der Waals surface area contributed by atoms with Gasteiger partial charge in [0, 0.05) is 4.88 Å². The lowest BCUT2D eigenvalue weighted by molar-refractivity contribution is -0.120. The SMILES string of the molecule is C/C(=N/NC(=O)Cc1cccs1)c1ccc(Br)s1. The van der Waals surface area contributed by atoms with Gasteiger partial charge in [0.05, 0.1) is 20.8 Å². The molecule has 2 rings (SSSR count).